The summed E-state index contributed by atoms with van der Waals surface area (Å²) in [7, 11) is 0. The molecule has 0 aliphatic heterocycles. The monoisotopic (exact) mass is 779 g/mol. The van der Waals surface area contributed by atoms with Gasteiger partial charge in [-0.15, -0.1) is 0 Å². The summed E-state index contributed by atoms with van der Waals surface area (Å²) in [6, 6.07) is 31.1. The largest absolute Gasteiger partial charge is 0.508 e. The molecular weight excluding hydrogens is 727 g/mol. The molecule has 0 spiro atoms. The fourth-order valence-corrected chi connectivity index (χ4v) is 5.88. The molecule has 0 saturated heterocycles. The van der Waals surface area contributed by atoms with Crippen LogP contribution in [0.3, 0.4) is 0 Å². The number of hydrogen-bond donors (Lipinski definition) is 6. The highest BCUT2D eigenvalue weighted by Crippen LogP contribution is 2.13. The van der Waals surface area contributed by atoms with Crippen LogP contribution < -0.4 is 26.6 Å². The Morgan fingerprint density at radius 1 is 0.579 bits per heavy atom. The van der Waals surface area contributed by atoms with Crippen molar-refractivity contribution in [1.29, 1.82) is 0 Å². The van der Waals surface area contributed by atoms with Crippen molar-refractivity contribution in [2.24, 2.45) is 5.92 Å². The number of hydrogen-bond acceptors (Lipinski definition) is 9. The molecule has 57 heavy (non-hydrogen) atoms. The SMILES string of the molecule is CC(C)C[C@H](NCCc1ccccc1)C(=O)NC(=O)[C@H](Cc1ccc(O)cc1)NC(=O)[C@H](CCCNC(=O)OCc1ccccc1)NC(=O)OCc1ccccc1. The predicted octanol–water partition coefficient (Wildman–Crippen LogP) is 5.31. The maximum Gasteiger partial charge on any atom is 0.408 e. The molecule has 0 radical (unpaired) electrons. The third-order valence-electron chi connectivity index (χ3n) is 8.90. The molecule has 0 aliphatic carbocycles. The topological polar surface area (TPSA) is 184 Å². The second-order valence-corrected chi connectivity index (χ2v) is 14.0. The van der Waals surface area contributed by atoms with Crippen molar-refractivity contribution in [2.75, 3.05) is 13.1 Å². The van der Waals surface area contributed by atoms with Crippen LogP contribution in [0.2, 0.25) is 0 Å². The summed E-state index contributed by atoms with van der Waals surface area (Å²) in [5, 5.41) is 23.6. The zero-order chi connectivity index (χ0) is 40.8. The van der Waals surface area contributed by atoms with E-state index in [0.717, 1.165) is 16.7 Å². The predicted molar refractivity (Wildman–Crippen MR) is 216 cm³/mol. The van der Waals surface area contributed by atoms with Crippen molar-refractivity contribution in [3.05, 3.63) is 138 Å². The summed E-state index contributed by atoms with van der Waals surface area (Å²) >= 11 is 0. The van der Waals surface area contributed by atoms with Crippen LogP contribution in [-0.4, -0.2) is 66.2 Å². The van der Waals surface area contributed by atoms with Gasteiger partial charge in [0.15, 0.2) is 0 Å². The van der Waals surface area contributed by atoms with Crippen LogP contribution in [0, 0.1) is 5.92 Å². The van der Waals surface area contributed by atoms with E-state index in [1.807, 2.05) is 80.6 Å². The molecule has 6 N–H and O–H groups in total. The minimum atomic E-state index is -1.24. The summed E-state index contributed by atoms with van der Waals surface area (Å²) in [5.41, 5.74) is 3.27. The number of rotatable bonds is 21. The highest BCUT2D eigenvalue weighted by Gasteiger charge is 2.30. The second kappa shape index (κ2) is 23.7. The first-order valence-electron chi connectivity index (χ1n) is 19.2. The number of carbonyl (C=O) groups excluding carboxylic acids is 5. The number of ether oxygens (including phenoxy) is 2. The molecule has 4 aromatic carbocycles. The van der Waals surface area contributed by atoms with Gasteiger partial charge in [0.25, 0.3) is 0 Å². The van der Waals surface area contributed by atoms with E-state index < -0.39 is 48.0 Å². The van der Waals surface area contributed by atoms with Gasteiger partial charge in [0, 0.05) is 13.0 Å². The molecule has 0 unspecified atom stereocenters. The van der Waals surface area contributed by atoms with Crippen LogP contribution in [0.1, 0.15) is 55.4 Å². The molecule has 0 heterocycles. The standard InChI is InChI=1S/C44H53N5O8/c1-31(2)27-38(45-26-24-32-13-6-3-7-14-32)41(52)49-42(53)39(28-33-20-22-36(50)23-21-33)47-40(51)37(48-44(55)57-30-35-17-10-5-11-18-35)19-12-25-46-43(54)56-29-34-15-8-4-9-16-34/h3-11,13-18,20-23,31,37-39,45,50H,12,19,24-30H2,1-2H3,(H,46,54)(H,47,51)(H,48,55)(H,49,52,53)/t37-,38-,39-/m0/s1. The molecule has 4 rings (SSSR count). The Hall–Kier alpha value is -6.21. The van der Waals surface area contributed by atoms with Crippen LogP contribution in [0.5, 0.6) is 5.75 Å². The number of nitrogens with one attached hydrogen (secondary N) is 5. The molecule has 0 fully saturated rings. The number of aromatic hydroxyl groups is 1. The Labute approximate surface area is 333 Å². The smallest absolute Gasteiger partial charge is 0.408 e. The van der Waals surface area contributed by atoms with E-state index >= 15 is 0 Å². The van der Waals surface area contributed by atoms with Crippen LogP contribution in [-0.2, 0) is 49.9 Å². The van der Waals surface area contributed by atoms with Crippen LogP contribution in [0.15, 0.2) is 115 Å². The van der Waals surface area contributed by atoms with Gasteiger partial charge in [-0.05, 0) is 72.5 Å². The zero-order valence-electron chi connectivity index (χ0n) is 32.4. The number of imide groups is 1. The van der Waals surface area contributed by atoms with Crippen LogP contribution >= 0.6 is 0 Å². The molecular formula is C44H53N5O8. The van der Waals surface area contributed by atoms with Gasteiger partial charge in [0.1, 0.15) is 31.0 Å². The zero-order valence-corrected chi connectivity index (χ0v) is 32.4. The molecule has 0 aromatic heterocycles. The molecule has 13 heteroatoms. The van der Waals surface area contributed by atoms with E-state index in [1.165, 1.54) is 12.1 Å². The van der Waals surface area contributed by atoms with E-state index in [4.69, 9.17) is 9.47 Å². The first kappa shape index (κ1) is 43.5. The molecule has 3 atom stereocenters. The Kier molecular flexibility index (Phi) is 18.1. The Morgan fingerprint density at radius 2 is 1.12 bits per heavy atom. The van der Waals surface area contributed by atoms with Gasteiger partial charge >= 0.3 is 12.2 Å². The number of carbonyl (C=O) groups is 5. The maximum absolute atomic E-state index is 13.9. The summed E-state index contributed by atoms with van der Waals surface area (Å²) in [4.78, 5) is 66.7. The Bertz CT molecular complexity index is 1840. The van der Waals surface area contributed by atoms with Gasteiger partial charge in [-0.25, -0.2) is 9.59 Å². The Morgan fingerprint density at radius 3 is 1.70 bits per heavy atom. The quantitative estimate of drug-likeness (QED) is 0.0611. The Balaban J connectivity index is 1.43. The van der Waals surface area contributed by atoms with Gasteiger partial charge < -0.3 is 35.8 Å². The highest BCUT2D eigenvalue weighted by atomic mass is 16.6. The summed E-state index contributed by atoms with van der Waals surface area (Å²) in [6.45, 7) is 4.64. The van der Waals surface area contributed by atoms with Gasteiger partial charge in [-0.1, -0.05) is 117 Å². The lowest BCUT2D eigenvalue weighted by Crippen LogP contribution is -2.57. The first-order chi connectivity index (χ1) is 27.5. The molecule has 0 saturated carbocycles. The summed E-state index contributed by atoms with van der Waals surface area (Å²) in [5.74, 6) is -1.82. The average molecular weight is 780 g/mol. The van der Waals surface area contributed by atoms with Crippen molar-refractivity contribution < 1.29 is 38.6 Å². The van der Waals surface area contributed by atoms with Crippen LogP contribution in [0.25, 0.3) is 0 Å². The number of amides is 5. The highest BCUT2D eigenvalue weighted by molar-refractivity contribution is 6.01. The van der Waals surface area contributed by atoms with E-state index in [-0.39, 0.29) is 50.7 Å². The molecule has 13 nitrogen and oxygen atoms in total. The lowest BCUT2D eigenvalue weighted by atomic mass is 10.0. The third-order valence-corrected chi connectivity index (χ3v) is 8.90. The van der Waals surface area contributed by atoms with E-state index in [0.29, 0.717) is 24.9 Å². The van der Waals surface area contributed by atoms with Crippen molar-refractivity contribution in [3.63, 3.8) is 0 Å². The third kappa shape index (κ3) is 16.6. The average Bonchev–Trinajstić information content (AvgIpc) is 3.21. The summed E-state index contributed by atoms with van der Waals surface area (Å²) in [6.07, 6.45) is -0.0777. The normalized spacial score (nSPS) is 12.4. The lowest BCUT2D eigenvalue weighted by molar-refractivity contribution is -0.135. The van der Waals surface area contributed by atoms with Crippen molar-refractivity contribution in [3.8, 4) is 5.75 Å². The van der Waals surface area contributed by atoms with Gasteiger partial charge in [0.2, 0.25) is 17.7 Å². The number of phenolic OH excluding ortho intramolecular Hbond substituents is 1. The first-order valence-corrected chi connectivity index (χ1v) is 19.2. The summed E-state index contributed by atoms with van der Waals surface area (Å²) < 4.78 is 10.6. The van der Waals surface area contributed by atoms with Crippen LogP contribution in [0.4, 0.5) is 9.59 Å². The van der Waals surface area contributed by atoms with Gasteiger partial charge in [0.05, 0.1) is 6.04 Å². The molecule has 302 valence electrons. The fraction of sp³-hybridized carbons (Fsp3) is 0.341. The number of benzene rings is 4. The van der Waals surface area contributed by atoms with Crippen molar-refractivity contribution >= 4 is 29.9 Å². The molecule has 5 amide bonds. The molecule has 4 aromatic rings. The number of alkyl carbamates (subject to hydrolysis) is 2. The maximum atomic E-state index is 13.9. The molecule has 0 aliphatic rings. The van der Waals surface area contributed by atoms with E-state index in [1.54, 1.807) is 36.4 Å². The van der Waals surface area contributed by atoms with Crippen molar-refractivity contribution in [1.82, 2.24) is 26.6 Å². The minimum Gasteiger partial charge on any atom is -0.508 e. The van der Waals surface area contributed by atoms with E-state index in [9.17, 15) is 29.1 Å². The number of phenols is 1. The van der Waals surface area contributed by atoms with Gasteiger partial charge in [-0.2, -0.15) is 0 Å². The minimum absolute atomic E-state index is 0.0212. The fourth-order valence-electron chi connectivity index (χ4n) is 5.88. The van der Waals surface area contributed by atoms with E-state index in [2.05, 4.69) is 26.6 Å². The second-order valence-electron chi connectivity index (χ2n) is 14.0. The lowest BCUT2D eigenvalue weighted by Gasteiger charge is -2.25. The molecule has 0 bridgehead atoms. The van der Waals surface area contributed by atoms with Gasteiger partial charge in [-0.3, -0.25) is 19.7 Å². The van der Waals surface area contributed by atoms with Crippen molar-refractivity contribution in [2.45, 2.75) is 77.3 Å².